The van der Waals surface area contributed by atoms with Gasteiger partial charge in [0.05, 0.1) is 0 Å². The number of nitrogens with zero attached hydrogens (tertiary/aromatic N) is 1. The van der Waals surface area contributed by atoms with E-state index in [4.69, 9.17) is 4.74 Å². The molecular weight excluding hydrogens is 506 g/mol. The Bertz CT molecular complexity index is 1090. The summed E-state index contributed by atoms with van der Waals surface area (Å²) in [4.78, 5) is 42.5. The predicted molar refractivity (Wildman–Crippen MR) is 158 cm³/mol. The van der Waals surface area contributed by atoms with Crippen molar-refractivity contribution in [3.8, 4) is 5.75 Å². The second kappa shape index (κ2) is 15.3. The number of aryl methyl sites for hydroxylation is 1. The maximum Gasteiger partial charge on any atom is 0.408 e. The Labute approximate surface area is 239 Å². The zero-order valence-corrected chi connectivity index (χ0v) is 25.1. The third-order valence-corrected chi connectivity index (χ3v) is 6.35. The summed E-state index contributed by atoms with van der Waals surface area (Å²) in [6.07, 6.45) is 2.85. The number of carbonyl (C=O) groups is 3. The Morgan fingerprint density at radius 2 is 1.50 bits per heavy atom. The van der Waals surface area contributed by atoms with E-state index in [2.05, 4.69) is 24.5 Å². The highest BCUT2D eigenvalue weighted by molar-refractivity contribution is 5.92. The molecule has 3 amide bonds. The number of phenolic OH excluding ortho intramolecular Hbond substituents is 1. The smallest absolute Gasteiger partial charge is 0.408 e. The van der Waals surface area contributed by atoms with Crippen molar-refractivity contribution >= 4 is 17.9 Å². The number of nitrogens with one attached hydrogen (secondary N) is 2. The highest BCUT2D eigenvalue weighted by Gasteiger charge is 2.36. The second-order valence-electron chi connectivity index (χ2n) is 11.5. The molecule has 2 rings (SSSR count). The van der Waals surface area contributed by atoms with Crippen molar-refractivity contribution in [1.82, 2.24) is 15.5 Å². The number of ether oxygens (including phenoxy) is 1. The van der Waals surface area contributed by atoms with Crippen LogP contribution in [0.5, 0.6) is 5.75 Å². The van der Waals surface area contributed by atoms with E-state index in [-0.39, 0.29) is 30.0 Å². The van der Waals surface area contributed by atoms with E-state index in [1.807, 2.05) is 38.1 Å². The van der Waals surface area contributed by atoms with Crippen LogP contribution in [-0.2, 0) is 27.2 Å². The van der Waals surface area contributed by atoms with Crippen LogP contribution in [0.3, 0.4) is 0 Å². The Balaban J connectivity index is 2.56. The first-order valence-corrected chi connectivity index (χ1v) is 14.3. The molecule has 2 aromatic carbocycles. The minimum atomic E-state index is -0.995. The van der Waals surface area contributed by atoms with Crippen LogP contribution in [0.2, 0.25) is 0 Å². The maximum atomic E-state index is 14.4. The fourth-order valence-electron chi connectivity index (χ4n) is 4.39. The number of hydrogen-bond donors (Lipinski definition) is 3. The van der Waals surface area contributed by atoms with Gasteiger partial charge in [-0.25, -0.2) is 4.79 Å². The standard InChI is InChI=1S/C32H47N3O5/c1-8-10-11-20-35(28(29(37)33-22(3)4)25-16-12-23(9-2)13-17-25)30(38)27(34-31(39)40-32(5,6)7)21-24-14-18-26(36)19-15-24/h12-19,22,27-28,36H,8-11,20-21H2,1-7H3,(H,33,37)(H,34,39). The predicted octanol–water partition coefficient (Wildman–Crippen LogP) is 5.68. The largest absolute Gasteiger partial charge is 0.508 e. The molecule has 220 valence electrons. The minimum absolute atomic E-state index is 0.105. The molecule has 0 heterocycles. The molecule has 0 aliphatic heterocycles. The molecule has 0 aromatic heterocycles. The Morgan fingerprint density at radius 1 is 0.900 bits per heavy atom. The second-order valence-corrected chi connectivity index (χ2v) is 11.5. The van der Waals surface area contributed by atoms with Crippen molar-refractivity contribution in [2.75, 3.05) is 6.54 Å². The summed E-state index contributed by atoms with van der Waals surface area (Å²) in [7, 11) is 0. The molecule has 40 heavy (non-hydrogen) atoms. The molecule has 0 fully saturated rings. The molecule has 2 aromatic rings. The van der Waals surface area contributed by atoms with Gasteiger partial charge in [0.1, 0.15) is 23.4 Å². The maximum absolute atomic E-state index is 14.4. The van der Waals surface area contributed by atoms with E-state index in [1.54, 1.807) is 37.8 Å². The van der Waals surface area contributed by atoms with Crippen LogP contribution < -0.4 is 10.6 Å². The molecule has 8 heteroatoms. The normalized spacial score (nSPS) is 12.9. The number of carbonyl (C=O) groups excluding carboxylic acids is 3. The first-order valence-electron chi connectivity index (χ1n) is 14.3. The van der Waals surface area contributed by atoms with E-state index in [1.165, 1.54) is 12.1 Å². The lowest BCUT2D eigenvalue weighted by Crippen LogP contribution is -2.54. The van der Waals surface area contributed by atoms with Crippen molar-refractivity contribution in [2.45, 2.75) is 104 Å². The zero-order chi connectivity index (χ0) is 29.9. The lowest BCUT2D eigenvalue weighted by molar-refractivity contribution is -0.142. The molecule has 0 saturated carbocycles. The van der Waals surface area contributed by atoms with Crippen LogP contribution in [0.1, 0.15) is 90.5 Å². The molecule has 2 atom stereocenters. The van der Waals surface area contributed by atoms with Gasteiger partial charge in [-0.2, -0.15) is 0 Å². The minimum Gasteiger partial charge on any atom is -0.508 e. The van der Waals surface area contributed by atoms with Gasteiger partial charge in [-0.05, 0) is 76.3 Å². The van der Waals surface area contributed by atoms with E-state index in [0.29, 0.717) is 18.5 Å². The molecule has 8 nitrogen and oxygen atoms in total. The van der Waals surface area contributed by atoms with E-state index in [9.17, 15) is 19.5 Å². The number of unbranched alkanes of at least 4 members (excludes halogenated alkanes) is 2. The third kappa shape index (κ3) is 10.5. The van der Waals surface area contributed by atoms with Crippen LogP contribution in [0.4, 0.5) is 4.79 Å². The van der Waals surface area contributed by atoms with Gasteiger partial charge in [-0.1, -0.05) is 63.1 Å². The fourth-order valence-corrected chi connectivity index (χ4v) is 4.39. The topological polar surface area (TPSA) is 108 Å². The molecular formula is C32H47N3O5. The van der Waals surface area contributed by atoms with Crippen LogP contribution in [0, 0.1) is 0 Å². The van der Waals surface area contributed by atoms with Crippen molar-refractivity contribution in [3.63, 3.8) is 0 Å². The third-order valence-electron chi connectivity index (χ3n) is 6.35. The van der Waals surface area contributed by atoms with Crippen molar-refractivity contribution in [2.24, 2.45) is 0 Å². The molecule has 0 aliphatic carbocycles. The molecule has 0 radical (unpaired) electrons. The van der Waals surface area contributed by atoms with E-state index < -0.39 is 23.8 Å². The molecule has 3 N–H and O–H groups in total. The molecule has 0 aliphatic rings. The summed E-state index contributed by atoms with van der Waals surface area (Å²) in [6, 6.07) is 12.3. The quantitative estimate of drug-likeness (QED) is 0.277. The lowest BCUT2D eigenvalue weighted by atomic mass is 9.98. The van der Waals surface area contributed by atoms with Crippen LogP contribution in [0.25, 0.3) is 0 Å². The van der Waals surface area contributed by atoms with Gasteiger partial charge in [-0.3, -0.25) is 9.59 Å². The highest BCUT2D eigenvalue weighted by atomic mass is 16.6. The number of phenols is 1. The van der Waals surface area contributed by atoms with Crippen LogP contribution in [-0.4, -0.2) is 52.1 Å². The number of aromatic hydroxyl groups is 1. The molecule has 0 bridgehead atoms. The van der Waals surface area contributed by atoms with Gasteiger partial charge >= 0.3 is 6.09 Å². The summed E-state index contributed by atoms with van der Waals surface area (Å²) < 4.78 is 5.48. The van der Waals surface area contributed by atoms with Gasteiger partial charge in [0.25, 0.3) is 0 Å². The fraction of sp³-hybridized carbons (Fsp3) is 0.531. The summed E-state index contributed by atoms with van der Waals surface area (Å²) in [5.74, 6) is -0.544. The number of benzene rings is 2. The Morgan fingerprint density at radius 3 is 2.02 bits per heavy atom. The van der Waals surface area contributed by atoms with E-state index >= 15 is 0 Å². The number of rotatable bonds is 13. The first-order chi connectivity index (χ1) is 18.8. The zero-order valence-electron chi connectivity index (χ0n) is 25.1. The molecule has 0 spiro atoms. The lowest BCUT2D eigenvalue weighted by Gasteiger charge is -2.35. The summed E-state index contributed by atoms with van der Waals surface area (Å²) in [5.41, 5.74) is 1.84. The van der Waals surface area contributed by atoms with Gasteiger partial charge in [-0.15, -0.1) is 0 Å². The SMILES string of the molecule is CCCCCN(C(=O)C(Cc1ccc(O)cc1)NC(=O)OC(C)(C)C)C(C(=O)NC(C)C)c1ccc(CC)cc1. The monoisotopic (exact) mass is 553 g/mol. The summed E-state index contributed by atoms with van der Waals surface area (Å²) in [6.45, 7) is 13.5. The van der Waals surface area contributed by atoms with Gasteiger partial charge in [0.15, 0.2) is 0 Å². The van der Waals surface area contributed by atoms with Gasteiger partial charge in [0.2, 0.25) is 11.8 Å². The Kier molecular flexibility index (Phi) is 12.5. The number of hydrogen-bond acceptors (Lipinski definition) is 5. The Hall–Kier alpha value is -3.55. The van der Waals surface area contributed by atoms with Crippen molar-refractivity contribution in [1.29, 1.82) is 0 Å². The van der Waals surface area contributed by atoms with Crippen LogP contribution >= 0.6 is 0 Å². The highest BCUT2D eigenvalue weighted by Crippen LogP contribution is 2.25. The van der Waals surface area contributed by atoms with Gasteiger partial charge in [0, 0.05) is 19.0 Å². The molecule has 2 unspecified atom stereocenters. The van der Waals surface area contributed by atoms with Crippen molar-refractivity contribution in [3.05, 3.63) is 65.2 Å². The van der Waals surface area contributed by atoms with Gasteiger partial charge < -0.3 is 25.4 Å². The first kappa shape index (κ1) is 32.7. The number of amides is 3. The van der Waals surface area contributed by atoms with Crippen LogP contribution in [0.15, 0.2) is 48.5 Å². The van der Waals surface area contributed by atoms with E-state index in [0.717, 1.165) is 30.4 Å². The summed E-state index contributed by atoms with van der Waals surface area (Å²) in [5, 5.41) is 15.5. The number of alkyl carbamates (subject to hydrolysis) is 1. The summed E-state index contributed by atoms with van der Waals surface area (Å²) >= 11 is 0. The molecule has 0 saturated heterocycles. The van der Waals surface area contributed by atoms with Crippen molar-refractivity contribution < 1.29 is 24.2 Å². The average Bonchev–Trinajstić information content (AvgIpc) is 2.87. The average molecular weight is 554 g/mol.